The minimum absolute atomic E-state index is 0.109. The Balaban J connectivity index is 1.74. The summed E-state index contributed by atoms with van der Waals surface area (Å²) in [6.07, 6.45) is 0. The largest absolute Gasteiger partial charge is 0.497 e. The van der Waals surface area contributed by atoms with Gasteiger partial charge in [0.05, 0.1) is 31.0 Å². The Kier molecular flexibility index (Phi) is 5.44. The van der Waals surface area contributed by atoms with Crippen LogP contribution in [0.2, 0.25) is 0 Å². The van der Waals surface area contributed by atoms with Gasteiger partial charge in [-0.2, -0.15) is 0 Å². The summed E-state index contributed by atoms with van der Waals surface area (Å²) in [4.78, 5) is 19.8. The molecule has 0 atom stereocenters. The number of carbonyl (C=O) groups excluding carboxylic acids is 1. The summed E-state index contributed by atoms with van der Waals surface area (Å²) in [5.41, 5.74) is 2.43. The van der Waals surface area contributed by atoms with Crippen LogP contribution in [0.4, 0.5) is 5.13 Å². The Morgan fingerprint density at radius 3 is 2.31 bits per heavy atom. The fraction of sp³-hybridized carbons (Fsp3) is 0.130. The zero-order chi connectivity index (χ0) is 20.2. The van der Waals surface area contributed by atoms with Crippen LogP contribution in [0.15, 0.2) is 72.8 Å². The lowest BCUT2D eigenvalue weighted by atomic mass is 10.1. The van der Waals surface area contributed by atoms with Crippen molar-refractivity contribution in [2.24, 2.45) is 0 Å². The van der Waals surface area contributed by atoms with Crippen molar-refractivity contribution in [2.45, 2.75) is 6.54 Å². The summed E-state index contributed by atoms with van der Waals surface area (Å²) in [5, 5.41) is 0.651. The van der Waals surface area contributed by atoms with Gasteiger partial charge in [-0.25, -0.2) is 4.98 Å². The van der Waals surface area contributed by atoms with E-state index < -0.39 is 0 Å². The van der Waals surface area contributed by atoms with E-state index in [4.69, 9.17) is 14.5 Å². The fourth-order valence-corrected chi connectivity index (χ4v) is 3.96. The van der Waals surface area contributed by atoms with Crippen LogP contribution in [0.3, 0.4) is 0 Å². The molecule has 146 valence electrons. The Hall–Kier alpha value is -3.38. The van der Waals surface area contributed by atoms with Gasteiger partial charge in [0, 0.05) is 11.6 Å². The Morgan fingerprint density at radius 1 is 0.931 bits per heavy atom. The quantitative estimate of drug-likeness (QED) is 0.445. The maximum absolute atomic E-state index is 13.4. The van der Waals surface area contributed by atoms with Gasteiger partial charge in [0.25, 0.3) is 5.91 Å². The lowest BCUT2D eigenvalue weighted by molar-refractivity contribution is 0.0985. The maximum atomic E-state index is 13.4. The number of hydrogen-bond donors (Lipinski definition) is 0. The summed E-state index contributed by atoms with van der Waals surface area (Å²) >= 11 is 1.49. The molecule has 29 heavy (non-hydrogen) atoms. The molecule has 5 nitrogen and oxygen atoms in total. The second kappa shape index (κ2) is 8.32. The van der Waals surface area contributed by atoms with E-state index in [2.05, 4.69) is 0 Å². The first kappa shape index (κ1) is 19.0. The molecule has 0 radical (unpaired) electrons. The number of carbonyl (C=O) groups is 1. The van der Waals surface area contributed by atoms with Crippen LogP contribution in [0, 0.1) is 0 Å². The van der Waals surface area contributed by atoms with E-state index in [1.54, 1.807) is 43.4 Å². The monoisotopic (exact) mass is 404 g/mol. The number of ether oxygens (including phenoxy) is 2. The molecular weight excluding hydrogens is 384 g/mol. The molecule has 0 fully saturated rings. The molecule has 4 rings (SSSR count). The van der Waals surface area contributed by atoms with Crippen LogP contribution >= 0.6 is 11.3 Å². The van der Waals surface area contributed by atoms with Gasteiger partial charge in [0.1, 0.15) is 11.5 Å². The van der Waals surface area contributed by atoms with Crippen LogP contribution in [0.5, 0.6) is 11.5 Å². The lowest BCUT2D eigenvalue weighted by Crippen LogP contribution is -2.30. The third kappa shape index (κ3) is 4.07. The predicted molar refractivity (Wildman–Crippen MR) is 116 cm³/mol. The first-order valence-corrected chi connectivity index (χ1v) is 9.94. The topological polar surface area (TPSA) is 51.7 Å². The van der Waals surface area contributed by atoms with Gasteiger partial charge in [0.15, 0.2) is 5.13 Å². The second-order valence-corrected chi connectivity index (χ2v) is 7.44. The van der Waals surface area contributed by atoms with Crippen LogP contribution in [0.25, 0.3) is 10.2 Å². The number of amides is 1. The first-order valence-electron chi connectivity index (χ1n) is 9.12. The molecule has 0 aliphatic heterocycles. The Morgan fingerprint density at radius 2 is 1.62 bits per heavy atom. The van der Waals surface area contributed by atoms with Gasteiger partial charge in [0.2, 0.25) is 0 Å². The zero-order valence-electron chi connectivity index (χ0n) is 16.2. The average Bonchev–Trinajstić information content (AvgIpc) is 3.20. The molecule has 0 spiro atoms. The van der Waals surface area contributed by atoms with Crippen molar-refractivity contribution in [1.29, 1.82) is 0 Å². The smallest absolute Gasteiger partial charge is 0.260 e. The van der Waals surface area contributed by atoms with Gasteiger partial charge in [-0.1, -0.05) is 41.7 Å². The SMILES string of the molecule is COc1ccc(C(=O)N(Cc2ccccc2)c2nc3cc(OC)ccc3s2)cc1. The number of rotatable bonds is 6. The maximum Gasteiger partial charge on any atom is 0.260 e. The highest BCUT2D eigenvalue weighted by Crippen LogP contribution is 2.33. The standard InChI is InChI=1S/C23H20N2O3S/c1-27-18-10-8-17(9-11-18)22(26)25(15-16-6-4-3-5-7-16)23-24-20-14-19(28-2)12-13-21(20)29-23/h3-14H,15H2,1-2H3. The highest BCUT2D eigenvalue weighted by Gasteiger charge is 2.22. The summed E-state index contributed by atoms with van der Waals surface area (Å²) in [7, 11) is 3.23. The summed E-state index contributed by atoms with van der Waals surface area (Å²) < 4.78 is 11.5. The molecule has 1 amide bonds. The van der Waals surface area contributed by atoms with Crippen molar-refractivity contribution in [3.63, 3.8) is 0 Å². The average molecular weight is 404 g/mol. The van der Waals surface area contributed by atoms with Gasteiger partial charge in [-0.05, 0) is 42.0 Å². The second-order valence-electron chi connectivity index (χ2n) is 6.44. The van der Waals surface area contributed by atoms with E-state index in [1.165, 1.54) is 11.3 Å². The van der Waals surface area contributed by atoms with Crippen LogP contribution < -0.4 is 14.4 Å². The minimum atomic E-state index is -0.109. The van der Waals surface area contributed by atoms with Crippen LogP contribution in [-0.4, -0.2) is 25.1 Å². The minimum Gasteiger partial charge on any atom is -0.497 e. The number of nitrogens with zero attached hydrogens (tertiary/aromatic N) is 2. The molecule has 0 saturated heterocycles. The van der Waals surface area contributed by atoms with Crippen LogP contribution in [-0.2, 0) is 6.54 Å². The Labute approximate surface area is 173 Å². The van der Waals surface area contributed by atoms with E-state index in [-0.39, 0.29) is 5.91 Å². The highest BCUT2D eigenvalue weighted by atomic mass is 32.1. The Bertz CT molecular complexity index is 1120. The van der Waals surface area contributed by atoms with E-state index in [1.807, 2.05) is 48.5 Å². The number of hydrogen-bond acceptors (Lipinski definition) is 5. The zero-order valence-corrected chi connectivity index (χ0v) is 17.0. The molecule has 0 N–H and O–H groups in total. The lowest BCUT2D eigenvalue weighted by Gasteiger charge is -2.20. The molecule has 0 aliphatic rings. The number of methoxy groups -OCH3 is 2. The molecular formula is C23H20N2O3S. The van der Waals surface area contributed by atoms with Crippen molar-refractivity contribution in [1.82, 2.24) is 4.98 Å². The van der Waals surface area contributed by atoms with Crippen molar-refractivity contribution in [2.75, 3.05) is 19.1 Å². The summed E-state index contributed by atoms with van der Waals surface area (Å²) in [5.74, 6) is 1.34. The normalized spacial score (nSPS) is 10.7. The third-order valence-electron chi connectivity index (χ3n) is 4.58. The van der Waals surface area contributed by atoms with Gasteiger partial charge < -0.3 is 9.47 Å². The predicted octanol–water partition coefficient (Wildman–Crippen LogP) is 5.16. The number of fused-ring (bicyclic) bond motifs is 1. The molecule has 0 aliphatic carbocycles. The van der Waals surface area contributed by atoms with Gasteiger partial charge >= 0.3 is 0 Å². The molecule has 1 heterocycles. The number of anilines is 1. The van der Waals surface area contributed by atoms with E-state index in [9.17, 15) is 4.79 Å². The summed E-state index contributed by atoms with van der Waals surface area (Å²) in [6.45, 7) is 0.433. The van der Waals surface area contributed by atoms with Gasteiger partial charge in [-0.3, -0.25) is 9.69 Å². The van der Waals surface area contributed by atoms with Crippen molar-refractivity contribution in [3.8, 4) is 11.5 Å². The highest BCUT2D eigenvalue weighted by molar-refractivity contribution is 7.22. The molecule has 0 unspecified atom stereocenters. The van der Waals surface area contributed by atoms with Crippen molar-refractivity contribution in [3.05, 3.63) is 83.9 Å². The van der Waals surface area contributed by atoms with Crippen molar-refractivity contribution >= 4 is 32.6 Å². The molecule has 0 saturated carbocycles. The molecule has 3 aromatic carbocycles. The molecule has 0 bridgehead atoms. The molecule has 6 heteroatoms. The number of benzene rings is 3. The number of thiazole rings is 1. The van der Waals surface area contributed by atoms with E-state index >= 15 is 0 Å². The molecule has 1 aromatic heterocycles. The van der Waals surface area contributed by atoms with E-state index in [0.717, 1.165) is 21.5 Å². The first-order chi connectivity index (χ1) is 14.2. The van der Waals surface area contributed by atoms with E-state index in [0.29, 0.717) is 23.0 Å². The van der Waals surface area contributed by atoms with Crippen LogP contribution in [0.1, 0.15) is 15.9 Å². The fourth-order valence-electron chi connectivity index (χ4n) is 3.02. The number of aromatic nitrogens is 1. The summed E-state index contributed by atoms with van der Waals surface area (Å²) in [6, 6.07) is 22.8. The van der Waals surface area contributed by atoms with Gasteiger partial charge in [-0.15, -0.1) is 0 Å². The van der Waals surface area contributed by atoms with Crippen molar-refractivity contribution < 1.29 is 14.3 Å². The third-order valence-corrected chi connectivity index (χ3v) is 5.64. The molecule has 4 aromatic rings.